The van der Waals surface area contributed by atoms with Gasteiger partial charge in [-0.3, -0.25) is 19.7 Å². The molecule has 0 radical (unpaired) electrons. The fourth-order valence-corrected chi connectivity index (χ4v) is 3.77. The molecule has 28 heavy (non-hydrogen) atoms. The Morgan fingerprint density at radius 2 is 1.82 bits per heavy atom. The number of carbonyl (C=O) groups excluding carboxylic acids is 1. The van der Waals surface area contributed by atoms with Gasteiger partial charge < -0.3 is 10.2 Å². The highest BCUT2D eigenvalue weighted by Crippen LogP contribution is 2.28. The SMILES string of the molecule is CN(C)C1CCC(C(=O)Nc2cc3cc(-c4cnccn4)cnc3cn2)CC1. The van der Waals surface area contributed by atoms with Crippen molar-refractivity contribution in [2.75, 3.05) is 19.4 Å². The summed E-state index contributed by atoms with van der Waals surface area (Å²) in [6.07, 6.45) is 12.4. The Hall–Kier alpha value is -2.93. The summed E-state index contributed by atoms with van der Waals surface area (Å²) >= 11 is 0. The van der Waals surface area contributed by atoms with Crippen LogP contribution in [0.5, 0.6) is 0 Å². The molecule has 0 bridgehead atoms. The minimum atomic E-state index is 0.0535. The summed E-state index contributed by atoms with van der Waals surface area (Å²) in [6, 6.07) is 4.44. The van der Waals surface area contributed by atoms with E-state index in [1.54, 1.807) is 31.0 Å². The van der Waals surface area contributed by atoms with Crippen molar-refractivity contribution in [1.82, 2.24) is 24.8 Å². The smallest absolute Gasteiger partial charge is 0.228 e. The van der Waals surface area contributed by atoms with Gasteiger partial charge in [0, 0.05) is 41.5 Å². The van der Waals surface area contributed by atoms with E-state index in [1.165, 1.54) is 0 Å². The van der Waals surface area contributed by atoms with Crippen LogP contribution in [0.2, 0.25) is 0 Å². The van der Waals surface area contributed by atoms with Crippen LogP contribution < -0.4 is 5.32 Å². The molecule has 0 aliphatic heterocycles. The predicted octanol–water partition coefficient (Wildman–Crippen LogP) is 3.15. The number of hydrogen-bond donors (Lipinski definition) is 1. The number of hydrogen-bond acceptors (Lipinski definition) is 6. The molecular formula is C21H24N6O. The Balaban J connectivity index is 1.49. The van der Waals surface area contributed by atoms with Crippen molar-refractivity contribution in [3.8, 4) is 11.3 Å². The van der Waals surface area contributed by atoms with E-state index >= 15 is 0 Å². The third kappa shape index (κ3) is 3.99. The molecular weight excluding hydrogens is 352 g/mol. The first-order chi connectivity index (χ1) is 13.6. The molecule has 1 N–H and O–H groups in total. The number of aromatic nitrogens is 4. The zero-order valence-electron chi connectivity index (χ0n) is 16.2. The Labute approximate surface area is 164 Å². The zero-order chi connectivity index (χ0) is 19.5. The number of fused-ring (bicyclic) bond motifs is 1. The van der Waals surface area contributed by atoms with Crippen LogP contribution in [0.15, 0.2) is 43.1 Å². The largest absolute Gasteiger partial charge is 0.310 e. The first-order valence-electron chi connectivity index (χ1n) is 9.59. The van der Waals surface area contributed by atoms with Crippen LogP contribution in [-0.2, 0) is 4.79 Å². The van der Waals surface area contributed by atoms with Gasteiger partial charge in [0.25, 0.3) is 0 Å². The van der Waals surface area contributed by atoms with E-state index in [0.717, 1.165) is 47.8 Å². The van der Waals surface area contributed by atoms with E-state index in [1.807, 2.05) is 12.1 Å². The van der Waals surface area contributed by atoms with Crippen molar-refractivity contribution in [2.45, 2.75) is 31.7 Å². The Morgan fingerprint density at radius 3 is 2.54 bits per heavy atom. The summed E-state index contributed by atoms with van der Waals surface area (Å²) < 4.78 is 0. The maximum absolute atomic E-state index is 12.7. The monoisotopic (exact) mass is 376 g/mol. The minimum absolute atomic E-state index is 0.0535. The number of nitrogens with zero attached hydrogens (tertiary/aromatic N) is 5. The second-order valence-corrected chi connectivity index (χ2v) is 7.54. The van der Waals surface area contributed by atoms with Crippen molar-refractivity contribution in [2.24, 2.45) is 5.92 Å². The lowest BCUT2D eigenvalue weighted by atomic mass is 9.85. The van der Waals surface area contributed by atoms with Crippen LogP contribution in [0.3, 0.4) is 0 Å². The molecule has 0 unspecified atom stereocenters. The average Bonchev–Trinajstić information content (AvgIpc) is 2.74. The molecule has 1 fully saturated rings. The second-order valence-electron chi connectivity index (χ2n) is 7.54. The van der Waals surface area contributed by atoms with E-state index in [9.17, 15) is 4.79 Å². The quantitative estimate of drug-likeness (QED) is 0.753. The van der Waals surface area contributed by atoms with Gasteiger partial charge in [-0.2, -0.15) is 0 Å². The van der Waals surface area contributed by atoms with Crippen LogP contribution in [0.25, 0.3) is 22.2 Å². The van der Waals surface area contributed by atoms with Gasteiger partial charge in [-0.05, 0) is 51.9 Å². The van der Waals surface area contributed by atoms with E-state index in [0.29, 0.717) is 11.9 Å². The summed E-state index contributed by atoms with van der Waals surface area (Å²) in [4.78, 5) is 32.1. The molecule has 7 heteroatoms. The molecule has 0 atom stereocenters. The maximum atomic E-state index is 12.7. The topological polar surface area (TPSA) is 83.9 Å². The van der Waals surface area contributed by atoms with Crippen molar-refractivity contribution in [3.05, 3.63) is 43.1 Å². The van der Waals surface area contributed by atoms with Gasteiger partial charge in [-0.15, -0.1) is 0 Å². The first-order valence-corrected chi connectivity index (χ1v) is 9.59. The third-order valence-corrected chi connectivity index (χ3v) is 5.48. The average molecular weight is 376 g/mol. The molecule has 3 aromatic heterocycles. The number of nitrogens with one attached hydrogen (secondary N) is 1. The van der Waals surface area contributed by atoms with Crippen LogP contribution in [0.4, 0.5) is 5.82 Å². The van der Waals surface area contributed by atoms with Gasteiger partial charge in [-0.25, -0.2) is 4.98 Å². The van der Waals surface area contributed by atoms with Crippen molar-refractivity contribution in [3.63, 3.8) is 0 Å². The van der Waals surface area contributed by atoms with Crippen LogP contribution in [0.1, 0.15) is 25.7 Å². The molecule has 0 saturated heterocycles. The van der Waals surface area contributed by atoms with Crippen molar-refractivity contribution < 1.29 is 4.79 Å². The summed E-state index contributed by atoms with van der Waals surface area (Å²) in [5.41, 5.74) is 2.42. The van der Waals surface area contributed by atoms with Gasteiger partial charge >= 0.3 is 0 Å². The number of amides is 1. The lowest BCUT2D eigenvalue weighted by Gasteiger charge is -2.31. The molecule has 0 aromatic carbocycles. The lowest BCUT2D eigenvalue weighted by Crippen LogP contribution is -2.35. The van der Waals surface area contributed by atoms with Crippen LogP contribution >= 0.6 is 0 Å². The molecule has 1 aliphatic rings. The number of rotatable bonds is 4. The minimum Gasteiger partial charge on any atom is -0.310 e. The van der Waals surface area contributed by atoms with Gasteiger partial charge in [0.05, 0.1) is 23.6 Å². The Kier molecular flexibility index (Phi) is 5.25. The summed E-state index contributed by atoms with van der Waals surface area (Å²) in [6.45, 7) is 0. The second kappa shape index (κ2) is 7.98. The normalized spacial score (nSPS) is 19.7. The molecule has 0 spiro atoms. The molecule has 7 nitrogen and oxygen atoms in total. The van der Waals surface area contributed by atoms with E-state index in [-0.39, 0.29) is 11.8 Å². The van der Waals surface area contributed by atoms with E-state index < -0.39 is 0 Å². The first kappa shape index (κ1) is 18.4. The van der Waals surface area contributed by atoms with Gasteiger partial charge in [0.1, 0.15) is 5.82 Å². The van der Waals surface area contributed by atoms with Crippen molar-refractivity contribution in [1.29, 1.82) is 0 Å². The number of carbonyl (C=O) groups is 1. The highest BCUT2D eigenvalue weighted by atomic mass is 16.1. The third-order valence-electron chi connectivity index (χ3n) is 5.48. The highest BCUT2D eigenvalue weighted by Gasteiger charge is 2.27. The van der Waals surface area contributed by atoms with Crippen molar-refractivity contribution >= 4 is 22.6 Å². The molecule has 3 aromatic rings. The number of anilines is 1. The molecule has 1 aliphatic carbocycles. The van der Waals surface area contributed by atoms with E-state index in [2.05, 4.69) is 44.2 Å². The highest BCUT2D eigenvalue weighted by molar-refractivity contribution is 5.94. The lowest BCUT2D eigenvalue weighted by molar-refractivity contribution is -0.121. The standard InChI is InChI=1S/C21H24N6O/c1-27(2)17-5-3-14(4-6-17)21(28)26-20-10-15-9-16(11-24-19(15)13-25-20)18-12-22-7-8-23-18/h7-14,17H,3-6H2,1-2H3,(H,25,26,28). The zero-order valence-corrected chi connectivity index (χ0v) is 16.2. The fraction of sp³-hybridized carbons (Fsp3) is 0.381. The Bertz CT molecular complexity index is 967. The molecule has 1 saturated carbocycles. The molecule has 144 valence electrons. The van der Waals surface area contributed by atoms with Crippen LogP contribution in [0, 0.1) is 5.92 Å². The van der Waals surface area contributed by atoms with Crippen LogP contribution in [-0.4, -0.2) is 50.9 Å². The number of pyridine rings is 2. The molecule has 4 rings (SSSR count). The van der Waals surface area contributed by atoms with Gasteiger partial charge in [-0.1, -0.05) is 0 Å². The molecule has 3 heterocycles. The predicted molar refractivity (Wildman–Crippen MR) is 109 cm³/mol. The van der Waals surface area contributed by atoms with E-state index in [4.69, 9.17) is 0 Å². The van der Waals surface area contributed by atoms with Gasteiger partial charge in [0.2, 0.25) is 5.91 Å². The summed E-state index contributed by atoms with van der Waals surface area (Å²) in [7, 11) is 4.21. The summed E-state index contributed by atoms with van der Waals surface area (Å²) in [5.74, 6) is 0.671. The fourth-order valence-electron chi connectivity index (χ4n) is 3.77. The van der Waals surface area contributed by atoms with Gasteiger partial charge in [0.15, 0.2) is 0 Å². The molecule has 1 amide bonds. The Morgan fingerprint density at radius 1 is 1.00 bits per heavy atom. The maximum Gasteiger partial charge on any atom is 0.228 e. The summed E-state index contributed by atoms with van der Waals surface area (Å²) in [5, 5.41) is 3.89.